The lowest BCUT2D eigenvalue weighted by Gasteiger charge is -2.10. The number of benzene rings is 1. The summed E-state index contributed by atoms with van der Waals surface area (Å²) in [5.74, 6) is 0.114. The van der Waals surface area contributed by atoms with Crippen LogP contribution in [0.15, 0.2) is 27.6 Å². The van der Waals surface area contributed by atoms with Gasteiger partial charge in [-0.25, -0.2) is 8.42 Å². The van der Waals surface area contributed by atoms with E-state index in [0.29, 0.717) is 17.0 Å². The summed E-state index contributed by atoms with van der Waals surface area (Å²) in [4.78, 5) is 0.515. The Bertz CT molecular complexity index is 571. The minimum absolute atomic E-state index is 0.00837. The van der Waals surface area contributed by atoms with Gasteiger partial charge < -0.3 is 5.73 Å². The third-order valence-electron chi connectivity index (χ3n) is 2.69. The predicted octanol–water partition coefficient (Wildman–Crippen LogP) is 1.33. The lowest BCUT2D eigenvalue weighted by molar-refractivity contribution is 0.602. The second-order valence-electron chi connectivity index (χ2n) is 4.00. The van der Waals surface area contributed by atoms with Crippen LogP contribution in [0.2, 0.25) is 0 Å². The molecule has 17 heavy (non-hydrogen) atoms. The average molecular weight is 338 g/mol. The molecule has 1 aliphatic rings. The van der Waals surface area contributed by atoms with Gasteiger partial charge in [0.25, 0.3) is 0 Å². The van der Waals surface area contributed by atoms with Crippen molar-refractivity contribution in [1.82, 2.24) is 0 Å². The van der Waals surface area contributed by atoms with Gasteiger partial charge in [0.2, 0.25) is 0 Å². The monoisotopic (exact) mass is 337 g/mol. The van der Waals surface area contributed by atoms with Crippen LogP contribution in [0.3, 0.4) is 0 Å². The van der Waals surface area contributed by atoms with Crippen LogP contribution in [0.4, 0.5) is 5.69 Å². The lowest BCUT2D eigenvalue weighted by atomic mass is 10.3. The van der Waals surface area contributed by atoms with Crippen molar-refractivity contribution in [2.45, 2.75) is 16.6 Å². The Morgan fingerprint density at radius 2 is 2.12 bits per heavy atom. The highest BCUT2D eigenvalue weighted by atomic mass is 79.9. The fourth-order valence-electron chi connectivity index (χ4n) is 1.79. The zero-order valence-electron chi connectivity index (χ0n) is 8.93. The summed E-state index contributed by atoms with van der Waals surface area (Å²) >= 11 is 3.29. The number of nitrogens with two attached hydrogens (primary N) is 1. The van der Waals surface area contributed by atoms with E-state index >= 15 is 0 Å². The maximum Gasteiger partial charge on any atom is 0.151 e. The van der Waals surface area contributed by atoms with Gasteiger partial charge in [-0.15, -0.1) is 0 Å². The minimum Gasteiger partial charge on any atom is -0.398 e. The summed E-state index contributed by atoms with van der Waals surface area (Å²) in [7, 11) is -4.38. The molecule has 0 saturated carbocycles. The Balaban J connectivity index is 2.29. The number of hydrogen-bond donors (Lipinski definition) is 1. The summed E-state index contributed by atoms with van der Waals surface area (Å²) in [5, 5.41) is -0.336. The van der Waals surface area contributed by atoms with Gasteiger partial charge in [-0.1, -0.05) is 15.9 Å². The Morgan fingerprint density at radius 1 is 1.41 bits per heavy atom. The van der Waals surface area contributed by atoms with Gasteiger partial charge in [0.05, 0.1) is 32.5 Å². The highest BCUT2D eigenvalue weighted by Crippen LogP contribution is 2.27. The molecule has 2 atom stereocenters. The first-order chi connectivity index (χ1) is 7.89. The molecule has 2 unspecified atom stereocenters. The van der Waals surface area contributed by atoms with E-state index in [9.17, 15) is 12.6 Å². The Kier molecular flexibility index (Phi) is 3.61. The number of halogens is 1. The van der Waals surface area contributed by atoms with E-state index in [1.54, 1.807) is 18.2 Å². The Labute approximate surface area is 111 Å². The van der Waals surface area contributed by atoms with Crippen LogP contribution in [0.1, 0.15) is 6.42 Å². The van der Waals surface area contributed by atoms with Crippen molar-refractivity contribution in [2.24, 2.45) is 0 Å². The van der Waals surface area contributed by atoms with Gasteiger partial charge in [0, 0.05) is 10.2 Å². The van der Waals surface area contributed by atoms with E-state index in [4.69, 9.17) is 5.73 Å². The van der Waals surface area contributed by atoms with Crippen LogP contribution in [0, 0.1) is 0 Å². The Morgan fingerprint density at radius 3 is 2.71 bits per heavy atom. The molecule has 4 nitrogen and oxygen atoms in total. The maximum atomic E-state index is 12.3. The first kappa shape index (κ1) is 13.0. The van der Waals surface area contributed by atoms with Crippen molar-refractivity contribution in [2.75, 3.05) is 17.2 Å². The molecule has 2 rings (SSSR count). The van der Waals surface area contributed by atoms with Crippen molar-refractivity contribution < 1.29 is 12.6 Å². The molecular formula is C10H12BrNO3S2. The third-order valence-corrected chi connectivity index (χ3v) is 6.95. The van der Waals surface area contributed by atoms with Crippen LogP contribution in [0.5, 0.6) is 0 Å². The van der Waals surface area contributed by atoms with E-state index in [1.165, 1.54) is 0 Å². The lowest BCUT2D eigenvalue weighted by Crippen LogP contribution is -2.17. The molecule has 1 aromatic carbocycles. The molecule has 7 heteroatoms. The van der Waals surface area contributed by atoms with Gasteiger partial charge in [0.1, 0.15) is 0 Å². The number of sulfone groups is 1. The first-order valence-corrected chi connectivity index (χ1v) is 8.88. The second kappa shape index (κ2) is 4.70. The van der Waals surface area contributed by atoms with Gasteiger partial charge >= 0.3 is 0 Å². The average Bonchev–Trinajstić information content (AvgIpc) is 2.61. The molecule has 0 aromatic heterocycles. The van der Waals surface area contributed by atoms with E-state index in [0.717, 1.165) is 4.47 Å². The fraction of sp³-hybridized carbons (Fsp3) is 0.400. The van der Waals surface area contributed by atoms with Crippen LogP contribution in [-0.2, 0) is 20.6 Å². The number of rotatable bonds is 2. The minimum atomic E-state index is -3.02. The van der Waals surface area contributed by atoms with Crippen molar-refractivity contribution in [3.8, 4) is 0 Å². The van der Waals surface area contributed by atoms with Crippen molar-refractivity contribution in [3.05, 3.63) is 22.7 Å². The van der Waals surface area contributed by atoms with Crippen LogP contribution >= 0.6 is 15.9 Å². The summed E-state index contributed by atoms with van der Waals surface area (Å²) in [5.41, 5.74) is 6.20. The van der Waals surface area contributed by atoms with Gasteiger partial charge in [-0.05, 0) is 24.6 Å². The number of hydrogen-bond acceptors (Lipinski definition) is 4. The van der Waals surface area contributed by atoms with Gasteiger partial charge in [-0.3, -0.25) is 4.21 Å². The van der Waals surface area contributed by atoms with Crippen molar-refractivity contribution in [1.29, 1.82) is 0 Å². The number of nitrogen functional groups attached to an aromatic ring is 1. The fourth-order valence-corrected chi connectivity index (χ4v) is 6.35. The molecule has 0 amide bonds. The highest BCUT2D eigenvalue weighted by molar-refractivity contribution is 9.10. The molecule has 0 bridgehead atoms. The van der Waals surface area contributed by atoms with Crippen LogP contribution in [0.25, 0.3) is 0 Å². The van der Waals surface area contributed by atoms with E-state index in [2.05, 4.69) is 15.9 Å². The molecule has 94 valence electrons. The molecule has 0 spiro atoms. The molecule has 0 aliphatic carbocycles. The smallest absolute Gasteiger partial charge is 0.151 e. The molecule has 1 aliphatic heterocycles. The zero-order chi connectivity index (χ0) is 12.6. The quantitative estimate of drug-likeness (QED) is 0.826. The molecular weight excluding hydrogens is 326 g/mol. The highest BCUT2D eigenvalue weighted by Gasteiger charge is 2.33. The van der Waals surface area contributed by atoms with Crippen LogP contribution in [-0.4, -0.2) is 29.4 Å². The standard InChI is InChI=1S/C10H12BrNO3S2/c11-7-1-2-9(12)10(5-7)16(13)8-3-4-17(14,15)6-8/h1-2,5,8H,3-4,6,12H2. The Hall–Kier alpha value is -0.400. The van der Waals surface area contributed by atoms with Gasteiger partial charge in [-0.2, -0.15) is 0 Å². The first-order valence-electron chi connectivity index (χ1n) is 5.05. The summed E-state index contributed by atoms with van der Waals surface area (Å²) in [6, 6.07) is 5.12. The molecule has 1 heterocycles. The summed E-state index contributed by atoms with van der Waals surface area (Å²) in [6.45, 7) is 0. The van der Waals surface area contributed by atoms with E-state index < -0.39 is 20.6 Å². The molecule has 1 aromatic rings. The molecule has 1 saturated heterocycles. The number of anilines is 1. The van der Waals surface area contributed by atoms with E-state index in [1.807, 2.05) is 0 Å². The van der Waals surface area contributed by atoms with Crippen molar-refractivity contribution >= 4 is 42.3 Å². The normalized spacial score (nSPS) is 24.6. The maximum absolute atomic E-state index is 12.3. The third kappa shape index (κ3) is 2.89. The summed E-state index contributed by atoms with van der Waals surface area (Å²) in [6.07, 6.45) is 0.445. The zero-order valence-corrected chi connectivity index (χ0v) is 12.1. The molecule has 1 fully saturated rings. The van der Waals surface area contributed by atoms with Gasteiger partial charge in [0.15, 0.2) is 9.84 Å². The van der Waals surface area contributed by atoms with Crippen molar-refractivity contribution in [3.63, 3.8) is 0 Å². The second-order valence-corrected chi connectivity index (χ2v) is 8.85. The topological polar surface area (TPSA) is 77.2 Å². The van der Waals surface area contributed by atoms with Crippen LogP contribution < -0.4 is 5.73 Å². The van der Waals surface area contributed by atoms with E-state index in [-0.39, 0.29) is 16.8 Å². The molecule has 2 N–H and O–H groups in total. The predicted molar refractivity (Wildman–Crippen MR) is 72.0 cm³/mol. The SMILES string of the molecule is Nc1ccc(Br)cc1S(=O)C1CCS(=O)(=O)C1. The summed E-state index contributed by atoms with van der Waals surface area (Å²) < 4.78 is 35.7. The largest absolute Gasteiger partial charge is 0.398 e. The molecule has 0 radical (unpaired) electrons.